The molecule has 148 valence electrons. The van der Waals surface area contributed by atoms with Gasteiger partial charge in [0.05, 0.1) is 16.2 Å². The van der Waals surface area contributed by atoms with Gasteiger partial charge in [0.25, 0.3) is 0 Å². The van der Waals surface area contributed by atoms with Gasteiger partial charge in [0, 0.05) is 18.8 Å². The minimum Gasteiger partial charge on any atom is -0.481 e. The highest BCUT2D eigenvalue weighted by Crippen LogP contribution is 2.29. The van der Waals surface area contributed by atoms with Gasteiger partial charge in [-0.1, -0.05) is 24.1 Å². The third-order valence-corrected chi connectivity index (χ3v) is 6.85. The van der Waals surface area contributed by atoms with E-state index in [-0.39, 0.29) is 17.3 Å². The molecule has 28 heavy (non-hydrogen) atoms. The first-order chi connectivity index (χ1) is 13.4. The topological polar surface area (TPSA) is 66.8 Å². The molecule has 0 saturated carbocycles. The van der Waals surface area contributed by atoms with Crippen LogP contribution in [0.4, 0.5) is 5.69 Å². The molecule has 0 atom stereocenters. The number of anilines is 1. The molecule has 1 heterocycles. The molecular formula is C22H25NO4S. The van der Waals surface area contributed by atoms with Gasteiger partial charge in [-0.05, 0) is 56.2 Å². The average molecular weight is 400 g/mol. The lowest BCUT2D eigenvalue weighted by molar-refractivity contribution is 0.0384. The summed E-state index contributed by atoms with van der Waals surface area (Å²) in [7, 11) is -3.59. The molecule has 2 aromatic carbocycles. The summed E-state index contributed by atoms with van der Waals surface area (Å²) in [6.07, 6.45) is 0.829. The van der Waals surface area contributed by atoms with E-state index in [0.717, 1.165) is 5.69 Å². The number of nitrogens with zero attached hydrogens (tertiary/aromatic N) is 1. The zero-order valence-corrected chi connectivity index (χ0v) is 16.8. The van der Waals surface area contributed by atoms with Crippen LogP contribution in [0.1, 0.15) is 19.8 Å². The minimum atomic E-state index is -3.59. The third kappa shape index (κ3) is 5.06. The number of sulfone groups is 1. The van der Waals surface area contributed by atoms with E-state index >= 15 is 0 Å². The molecule has 0 unspecified atom stereocenters. The molecule has 0 radical (unpaired) electrons. The zero-order valence-electron chi connectivity index (χ0n) is 16.0. The molecular weight excluding hydrogens is 374 g/mol. The second kappa shape index (κ2) is 8.68. The van der Waals surface area contributed by atoms with Crippen molar-refractivity contribution in [1.29, 1.82) is 0 Å². The first-order valence-corrected chi connectivity index (χ1v) is 10.9. The Kier molecular flexibility index (Phi) is 6.28. The number of benzene rings is 2. The Labute approximate surface area is 166 Å². The van der Waals surface area contributed by atoms with Gasteiger partial charge in [0.2, 0.25) is 0 Å². The first-order valence-electron chi connectivity index (χ1n) is 9.29. The van der Waals surface area contributed by atoms with Gasteiger partial charge < -0.3 is 14.7 Å². The van der Waals surface area contributed by atoms with Crippen LogP contribution in [-0.4, -0.2) is 44.6 Å². The molecule has 1 saturated heterocycles. The molecule has 1 fully saturated rings. The average Bonchev–Trinajstić information content (AvgIpc) is 2.69. The SMILES string of the molecule is CC#CCOc1ccc(S(=O)(=O)CC2(O)CCN(c3ccccc3)CC2)cc1. The molecule has 0 amide bonds. The lowest BCUT2D eigenvalue weighted by Crippen LogP contribution is -2.48. The van der Waals surface area contributed by atoms with Crippen LogP contribution in [-0.2, 0) is 9.84 Å². The first kappa shape index (κ1) is 20.2. The highest BCUT2D eigenvalue weighted by Gasteiger charge is 2.37. The Morgan fingerprint density at radius 2 is 1.71 bits per heavy atom. The van der Waals surface area contributed by atoms with Crippen molar-refractivity contribution in [2.24, 2.45) is 0 Å². The molecule has 0 bridgehead atoms. The summed E-state index contributed by atoms with van der Waals surface area (Å²) < 4.78 is 31.0. The summed E-state index contributed by atoms with van der Waals surface area (Å²) in [6, 6.07) is 16.2. The highest BCUT2D eigenvalue weighted by molar-refractivity contribution is 7.91. The number of aliphatic hydroxyl groups is 1. The van der Waals surface area contributed by atoms with Crippen LogP contribution in [0.2, 0.25) is 0 Å². The fourth-order valence-electron chi connectivity index (χ4n) is 3.34. The second-order valence-corrected chi connectivity index (χ2v) is 8.98. The molecule has 2 aromatic rings. The van der Waals surface area contributed by atoms with Crippen molar-refractivity contribution in [1.82, 2.24) is 0 Å². The van der Waals surface area contributed by atoms with E-state index < -0.39 is 15.4 Å². The lowest BCUT2D eigenvalue weighted by Gasteiger charge is -2.39. The number of rotatable bonds is 6. The van der Waals surface area contributed by atoms with Gasteiger partial charge in [-0.25, -0.2) is 8.42 Å². The normalized spacial score (nSPS) is 16.1. The Bertz CT molecular complexity index is 936. The van der Waals surface area contributed by atoms with Crippen molar-refractivity contribution >= 4 is 15.5 Å². The van der Waals surface area contributed by atoms with Crippen LogP contribution in [0.15, 0.2) is 59.5 Å². The van der Waals surface area contributed by atoms with E-state index in [1.165, 1.54) is 12.1 Å². The maximum absolute atomic E-state index is 12.8. The number of para-hydroxylation sites is 1. The highest BCUT2D eigenvalue weighted by atomic mass is 32.2. The van der Waals surface area contributed by atoms with Crippen molar-refractivity contribution < 1.29 is 18.3 Å². The van der Waals surface area contributed by atoms with Crippen molar-refractivity contribution in [3.05, 3.63) is 54.6 Å². The number of hydrogen-bond acceptors (Lipinski definition) is 5. The van der Waals surface area contributed by atoms with Gasteiger partial charge in [-0.3, -0.25) is 0 Å². The monoisotopic (exact) mass is 399 g/mol. The Hall–Kier alpha value is -2.49. The Morgan fingerprint density at radius 1 is 1.07 bits per heavy atom. The van der Waals surface area contributed by atoms with Crippen LogP contribution in [0, 0.1) is 11.8 Å². The van der Waals surface area contributed by atoms with E-state index in [4.69, 9.17) is 4.74 Å². The van der Waals surface area contributed by atoms with Gasteiger partial charge >= 0.3 is 0 Å². The summed E-state index contributed by atoms with van der Waals surface area (Å²) in [5.74, 6) is 5.82. The molecule has 0 aliphatic carbocycles. The smallest absolute Gasteiger partial charge is 0.181 e. The summed E-state index contributed by atoms with van der Waals surface area (Å²) in [5.41, 5.74) is -0.119. The number of hydrogen-bond donors (Lipinski definition) is 1. The fourth-order valence-corrected chi connectivity index (χ4v) is 5.05. The lowest BCUT2D eigenvalue weighted by atomic mass is 9.93. The summed E-state index contributed by atoms with van der Waals surface area (Å²) >= 11 is 0. The summed E-state index contributed by atoms with van der Waals surface area (Å²) in [6.45, 7) is 3.25. The van der Waals surface area contributed by atoms with Gasteiger partial charge in [0.15, 0.2) is 9.84 Å². The van der Waals surface area contributed by atoms with Crippen molar-refractivity contribution in [2.45, 2.75) is 30.3 Å². The van der Waals surface area contributed by atoms with Crippen molar-refractivity contribution in [3.63, 3.8) is 0 Å². The van der Waals surface area contributed by atoms with Crippen molar-refractivity contribution in [2.75, 3.05) is 30.3 Å². The van der Waals surface area contributed by atoms with E-state index in [1.54, 1.807) is 19.1 Å². The van der Waals surface area contributed by atoms with Crippen LogP contribution >= 0.6 is 0 Å². The van der Waals surface area contributed by atoms with Crippen LogP contribution in [0.25, 0.3) is 0 Å². The maximum atomic E-state index is 12.8. The summed E-state index contributed by atoms with van der Waals surface area (Å²) in [4.78, 5) is 2.37. The Morgan fingerprint density at radius 3 is 2.32 bits per heavy atom. The number of ether oxygens (including phenoxy) is 1. The molecule has 3 rings (SSSR count). The van der Waals surface area contributed by atoms with E-state index in [2.05, 4.69) is 16.7 Å². The van der Waals surface area contributed by atoms with Gasteiger partial charge in [-0.2, -0.15) is 0 Å². The van der Waals surface area contributed by atoms with Crippen LogP contribution in [0.5, 0.6) is 5.75 Å². The molecule has 1 aliphatic heterocycles. The van der Waals surface area contributed by atoms with Gasteiger partial charge in [0.1, 0.15) is 12.4 Å². The van der Waals surface area contributed by atoms with Crippen molar-refractivity contribution in [3.8, 4) is 17.6 Å². The zero-order chi connectivity index (χ0) is 20.0. The molecule has 1 aliphatic rings. The molecule has 6 heteroatoms. The molecule has 0 aromatic heterocycles. The predicted molar refractivity (Wildman–Crippen MR) is 110 cm³/mol. The molecule has 5 nitrogen and oxygen atoms in total. The predicted octanol–water partition coefficient (Wildman–Crippen LogP) is 2.89. The Balaban J connectivity index is 1.62. The van der Waals surface area contributed by atoms with E-state index in [1.807, 2.05) is 30.3 Å². The summed E-state index contributed by atoms with van der Waals surface area (Å²) in [5, 5.41) is 10.9. The quantitative estimate of drug-likeness (QED) is 0.757. The standard InChI is InChI=1S/C22H25NO4S/c1-2-3-17-27-20-9-11-21(12-10-20)28(25,26)18-22(24)13-15-23(16-14-22)19-7-5-4-6-8-19/h4-12,24H,13-18H2,1H3. The second-order valence-electron chi connectivity index (χ2n) is 6.99. The van der Waals surface area contributed by atoms with E-state index in [0.29, 0.717) is 31.7 Å². The molecule has 0 spiro atoms. The van der Waals surface area contributed by atoms with Crippen LogP contribution < -0.4 is 9.64 Å². The minimum absolute atomic E-state index is 0.195. The molecule has 1 N–H and O–H groups in total. The van der Waals surface area contributed by atoms with Gasteiger partial charge in [-0.15, -0.1) is 5.92 Å². The maximum Gasteiger partial charge on any atom is 0.181 e. The van der Waals surface area contributed by atoms with E-state index in [9.17, 15) is 13.5 Å². The fraction of sp³-hybridized carbons (Fsp3) is 0.364. The number of piperidine rings is 1. The van der Waals surface area contributed by atoms with Crippen LogP contribution in [0.3, 0.4) is 0 Å². The third-order valence-electron chi connectivity index (χ3n) is 4.94. The largest absolute Gasteiger partial charge is 0.481 e.